The third-order valence-corrected chi connectivity index (χ3v) is 4.21. The molecule has 1 aliphatic heterocycles. The number of carbonyl (C=O) groups is 1. The van der Waals surface area contributed by atoms with Crippen molar-refractivity contribution < 1.29 is 27.4 Å². The lowest BCUT2D eigenvalue weighted by atomic mass is 10.2. The second kappa shape index (κ2) is 8.92. The molecule has 0 aliphatic carbocycles. The van der Waals surface area contributed by atoms with Gasteiger partial charge in [-0.05, 0) is 30.3 Å². The smallest absolute Gasteiger partial charge is 0.416 e. The van der Waals surface area contributed by atoms with Crippen LogP contribution in [0.5, 0.6) is 5.75 Å². The molecule has 0 bridgehead atoms. The average molecular weight is 395 g/mol. The van der Waals surface area contributed by atoms with Crippen LogP contribution in [0.4, 0.5) is 19.0 Å². The lowest BCUT2D eigenvalue weighted by Gasteiger charge is -2.29. The fourth-order valence-electron chi connectivity index (χ4n) is 2.76. The number of halogens is 3. The summed E-state index contributed by atoms with van der Waals surface area (Å²) in [7, 11) is 0. The summed E-state index contributed by atoms with van der Waals surface area (Å²) < 4.78 is 48.2. The van der Waals surface area contributed by atoms with E-state index in [4.69, 9.17) is 9.47 Å². The summed E-state index contributed by atoms with van der Waals surface area (Å²) in [4.78, 5) is 18.5. The first-order valence-electron chi connectivity index (χ1n) is 8.77. The molecule has 1 amide bonds. The van der Waals surface area contributed by atoms with Gasteiger partial charge in [-0.3, -0.25) is 4.79 Å². The largest absolute Gasteiger partial charge is 0.484 e. The maximum atomic E-state index is 12.5. The fourth-order valence-corrected chi connectivity index (χ4v) is 2.76. The van der Waals surface area contributed by atoms with Crippen molar-refractivity contribution in [3.05, 3.63) is 53.7 Å². The number of nitrogens with one attached hydrogen (secondary N) is 1. The van der Waals surface area contributed by atoms with E-state index in [2.05, 4.69) is 15.2 Å². The number of carbonyl (C=O) groups excluding carboxylic acids is 1. The molecule has 1 aromatic heterocycles. The van der Waals surface area contributed by atoms with Gasteiger partial charge in [-0.2, -0.15) is 13.2 Å². The van der Waals surface area contributed by atoms with Gasteiger partial charge in [0.1, 0.15) is 11.6 Å². The zero-order valence-corrected chi connectivity index (χ0v) is 15.0. The fraction of sp³-hybridized carbons (Fsp3) is 0.368. The number of nitrogens with zero attached hydrogens (tertiary/aromatic N) is 2. The van der Waals surface area contributed by atoms with E-state index in [1.54, 1.807) is 12.3 Å². The van der Waals surface area contributed by atoms with E-state index >= 15 is 0 Å². The second-order valence-corrected chi connectivity index (χ2v) is 6.17. The van der Waals surface area contributed by atoms with Crippen LogP contribution in [0, 0.1) is 0 Å². The van der Waals surface area contributed by atoms with Crippen LogP contribution in [0.25, 0.3) is 0 Å². The third-order valence-electron chi connectivity index (χ3n) is 4.21. The molecule has 0 saturated carbocycles. The number of morpholine rings is 1. The summed E-state index contributed by atoms with van der Waals surface area (Å²) in [5, 5.41) is 2.74. The number of hydrogen-bond acceptors (Lipinski definition) is 5. The normalized spacial score (nSPS) is 14.6. The van der Waals surface area contributed by atoms with E-state index in [0.29, 0.717) is 13.2 Å². The van der Waals surface area contributed by atoms with Crippen LogP contribution in [-0.4, -0.2) is 43.8 Å². The van der Waals surface area contributed by atoms with Crippen molar-refractivity contribution in [2.75, 3.05) is 37.8 Å². The molecule has 1 saturated heterocycles. The van der Waals surface area contributed by atoms with Crippen molar-refractivity contribution in [1.29, 1.82) is 0 Å². The molecule has 150 valence electrons. The number of ether oxygens (including phenoxy) is 2. The van der Waals surface area contributed by atoms with Gasteiger partial charge in [0.15, 0.2) is 6.61 Å². The Bertz CT molecular complexity index is 791. The molecule has 0 spiro atoms. The lowest BCUT2D eigenvalue weighted by Crippen LogP contribution is -2.38. The van der Waals surface area contributed by atoms with Crippen molar-refractivity contribution in [2.45, 2.75) is 12.7 Å². The monoisotopic (exact) mass is 395 g/mol. The highest BCUT2D eigenvalue weighted by Crippen LogP contribution is 2.30. The van der Waals surface area contributed by atoms with Crippen molar-refractivity contribution >= 4 is 11.7 Å². The molecule has 6 nitrogen and oxygen atoms in total. The zero-order valence-electron chi connectivity index (χ0n) is 15.0. The SMILES string of the molecule is O=C(COc1ccc(C(F)(F)F)cc1)NCc1cccnc1N1CCOCC1. The number of anilines is 1. The highest BCUT2D eigenvalue weighted by atomic mass is 19.4. The molecule has 0 unspecified atom stereocenters. The van der Waals surface area contributed by atoms with Gasteiger partial charge in [0.25, 0.3) is 5.91 Å². The van der Waals surface area contributed by atoms with Crippen molar-refractivity contribution in [3.63, 3.8) is 0 Å². The predicted octanol–water partition coefficient (Wildman–Crippen LogP) is 2.63. The molecule has 9 heteroatoms. The molecular weight excluding hydrogens is 375 g/mol. The Morgan fingerprint density at radius 3 is 2.57 bits per heavy atom. The summed E-state index contributed by atoms with van der Waals surface area (Å²) in [6.07, 6.45) is -2.71. The summed E-state index contributed by atoms with van der Waals surface area (Å²) in [5.41, 5.74) is 0.101. The number of hydrogen-bond donors (Lipinski definition) is 1. The van der Waals surface area contributed by atoms with Crippen LogP contribution < -0.4 is 15.0 Å². The van der Waals surface area contributed by atoms with E-state index in [0.717, 1.165) is 36.6 Å². The van der Waals surface area contributed by atoms with E-state index in [1.807, 2.05) is 6.07 Å². The first kappa shape index (κ1) is 19.9. The van der Waals surface area contributed by atoms with Gasteiger partial charge in [-0.1, -0.05) is 6.07 Å². The van der Waals surface area contributed by atoms with E-state index in [1.165, 1.54) is 12.1 Å². The molecule has 0 radical (unpaired) electrons. The quantitative estimate of drug-likeness (QED) is 0.815. The Morgan fingerprint density at radius 1 is 1.18 bits per heavy atom. The standard InChI is InChI=1S/C19H20F3N3O3/c20-19(21,22)15-3-5-16(6-4-15)28-13-17(26)24-12-14-2-1-7-23-18(14)25-8-10-27-11-9-25/h1-7H,8-13H2,(H,24,26). The predicted molar refractivity (Wildman–Crippen MR) is 96.1 cm³/mol. The highest BCUT2D eigenvalue weighted by Gasteiger charge is 2.30. The van der Waals surface area contributed by atoms with Gasteiger partial charge in [0.2, 0.25) is 0 Å². The van der Waals surface area contributed by atoms with Gasteiger partial charge in [0, 0.05) is 31.4 Å². The molecule has 0 atom stereocenters. The number of amides is 1. The van der Waals surface area contributed by atoms with Crippen LogP contribution in [0.15, 0.2) is 42.6 Å². The Kier molecular flexibility index (Phi) is 6.35. The highest BCUT2D eigenvalue weighted by molar-refractivity contribution is 5.77. The summed E-state index contributed by atoms with van der Waals surface area (Å²) in [6, 6.07) is 7.88. The number of rotatable bonds is 6. The van der Waals surface area contributed by atoms with E-state index in [9.17, 15) is 18.0 Å². The number of aromatic nitrogens is 1. The van der Waals surface area contributed by atoms with Gasteiger partial charge in [-0.15, -0.1) is 0 Å². The van der Waals surface area contributed by atoms with Crippen LogP contribution in [-0.2, 0) is 22.3 Å². The minimum absolute atomic E-state index is 0.193. The maximum absolute atomic E-state index is 12.5. The van der Waals surface area contributed by atoms with E-state index < -0.39 is 11.7 Å². The Labute approximate surface area is 160 Å². The number of benzene rings is 1. The molecule has 2 heterocycles. The zero-order chi connectivity index (χ0) is 20.0. The summed E-state index contributed by atoms with van der Waals surface area (Å²) >= 11 is 0. The molecule has 1 aromatic carbocycles. The van der Waals surface area contributed by atoms with Crippen LogP contribution in [0.1, 0.15) is 11.1 Å². The van der Waals surface area contributed by atoms with Gasteiger partial charge in [-0.25, -0.2) is 4.98 Å². The lowest BCUT2D eigenvalue weighted by molar-refractivity contribution is -0.137. The minimum atomic E-state index is -4.40. The van der Waals surface area contributed by atoms with Crippen molar-refractivity contribution in [1.82, 2.24) is 10.3 Å². The molecule has 1 N–H and O–H groups in total. The first-order valence-corrected chi connectivity index (χ1v) is 8.77. The number of pyridine rings is 1. The van der Waals surface area contributed by atoms with Crippen molar-refractivity contribution in [3.8, 4) is 5.75 Å². The maximum Gasteiger partial charge on any atom is 0.416 e. The topological polar surface area (TPSA) is 63.7 Å². The van der Waals surface area contributed by atoms with Gasteiger partial charge in [0.05, 0.1) is 18.8 Å². The van der Waals surface area contributed by atoms with Crippen LogP contribution >= 0.6 is 0 Å². The Hall–Kier alpha value is -2.81. The number of alkyl halides is 3. The van der Waals surface area contributed by atoms with Crippen LogP contribution in [0.3, 0.4) is 0 Å². The molecule has 3 rings (SSSR count). The summed E-state index contributed by atoms with van der Waals surface area (Å²) in [5.74, 6) is 0.616. The van der Waals surface area contributed by atoms with E-state index in [-0.39, 0.29) is 24.8 Å². The molecule has 28 heavy (non-hydrogen) atoms. The summed E-state index contributed by atoms with van der Waals surface area (Å²) in [6.45, 7) is 2.70. The Balaban J connectivity index is 1.51. The Morgan fingerprint density at radius 2 is 1.89 bits per heavy atom. The first-order chi connectivity index (χ1) is 13.4. The third kappa shape index (κ3) is 5.35. The van der Waals surface area contributed by atoms with Crippen molar-refractivity contribution in [2.24, 2.45) is 0 Å². The second-order valence-electron chi connectivity index (χ2n) is 6.17. The average Bonchev–Trinajstić information content (AvgIpc) is 2.71. The molecule has 2 aromatic rings. The van der Waals surface area contributed by atoms with Gasteiger partial charge >= 0.3 is 6.18 Å². The van der Waals surface area contributed by atoms with Gasteiger partial charge < -0.3 is 19.7 Å². The van der Waals surface area contributed by atoms with Crippen LogP contribution in [0.2, 0.25) is 0 Å². The molecule has 1 fully saturated rings. The molecule has 1 aliphatic rings. The minimum Gasteiger partial charge on any atom is -0.484 e. The molecular formula is C19H20F3N3O3.